The van der Waals surface area contributed by atoms with Gasteiger partial charge in [-0.3, -0.25) is 4.40 Å². The summed E-state index contributed by atoms with van der Waals surface area (Å²) in [5.74, 6) is 2.58. The van der Waals surface area contributed by atoms with E-state index in [2.05, 4.69) is 25.0 Å². The van der Waals surface area contributed by atoms with Crippen molar-refractivity contribution >= 4 is 23.3 Å². The second-order valence-electron chi connectivity index (χ2n) is 6.58. The van der Waals surface area contributed by atoms with E-state index >= 15 is 0 Å². The lowest BCUT2D eigenvalue weighted by Crippen LogP contribution is -2.21. The number of aromatic nitrogens is 7. The predicted octanol–water partition coefficient (Wildman–Crippen LogP) is 2.28. The van der Waals surface area contributed by atoms with Gasteiger partial charge in [-0.1, -0.05) is 0 Å². The van der Waals surface area contributed by atoms with Gasteiger partial charge in [-0.05, 0) is 45.2 Å². The molecule has 132 valence electrons. The summed E-state index contributed by atoms with van der Waals surface area (Å²) in [6, 6.07) is 0. The number of fused-ring (bicyclic) bond motifs is 1. The molecule has 1 saturated heterocycles. The molecule has 25 heavy (non-hydrogen) atoms. The summed E-state index contributed by atoms with van der Waals surface area (Å²) < 4.78 is 3.59. The fraction of sp³-hybridized carbons (Fsp3) is 0.562. The summed E-state index contributed by atoms with van der Waals surface area (Å²) in [7, 11) is 1.93. The number of nitrogens with zero attached hydrogens (tertiary/aromatic N) is 8. The first-order chi connectivity index (χ1) is 12.0. The number of anilines is 1. The number of imidazole rings is 1. The van der Waals surface area contributed by atoms with Crippen LogP contribution in [0.1, 0.15) is 48.7 Å². The van der Waals surface area contributed by atoms with E-state index in [0.717, 1.165) is 30.4 Å². The first-order valence-corrected chi connectivity index (χ1v) is 8.88. The van der Waals surface area contributed by atoms with Gasteiger partial charge < -0.3 is 4.90 Å². The molecule has 0 spiro atoms. The highest BCUT2D eigenvalue weighted by Gasteiger charge is 2.24. The number of halogens is 1. The molecule has 8 nitrogen and oxygen atoms in total. The predicted molar refractivity (Wildman–Crippen MR) is 95.2 cm³/mol. The van der Waals surface area contributed by atoms with Gasteiger partial charge in [0, 0.05) is 25.8 Å². The minimum Gasteiger partial charge on any atom is -0.341 e. The lowest BCUT2D eigenvalue weighted by atomic mass is 10.1. The van der Waals surface area contributed by atoms with Crippen molar-refractivity contribution in [2.45, 2.75) is 39.5 Å². The van der Waals surface area contributed by atoms with Crippen LogP contribution in [-0.4, -0.2) is 47.2 Å². The van der Waals surface area contributed by atoms with Crippen molar-refractivity contribution in [1.29, 1.82) is 0 Å². The lowest BCUT2D eigenvalue weighted by Gasteiger charge is -2.14. The van der Waals surface area contributed by atoms with E-state index in [9.17, 15) is 0 Å². The van der Waals surface area contributed by atoms with Crippen molar-refractivity contribution in [3.05, 3.63) is 28.3 Å². The van der Waals surface area contributed by atoms with Crippen LogP contribution in [0.5, 0.6) is 0 Å². The Morgan fingerprint density at radius 2 is 1.72 bits per heavy atom. The Hall–Kier alpha value is -2.22. The smallest absolute Gasteiger partial charge is 0.238 e. The number of hydrogen-bond acceptors (Lipinski definition) is 6. The summed E-state index contributed by atoms with van der Waals surface area (Å²) in [4.78, 5) is 20.5. The highest BCUT2D eigenvalue weighted by Crippen LogP contribution is 2.25. The van der Waals surface area contributed by atoms with Crippen LogP contribution >= 0.6 is 11.6 Å². The Balaban J connectivity index is 1.72. The quantitative estimate of drug-likeness (QED) is 0.713. The Labute approximate surface area is 150 Å². The molecule has 1 fully saturated rings. The van der Waals surface area contributed by atoms with E-state index in [-0.39, 0.29) is 5.92 Å². The summed E-state index contributed by atoms with van der Waals surface area (Å²) in [5.41, 5.74) is 1.85. The maximum Gasteiger partial charge on any atom is 0.238 e. The topological polar surface area (TPSA) is 77.0 Å². The molecule has 4 heterocycles. The molecule has 1 atom stereocenters. The zero-order valence-electron chi connectivity index (χ0n) is 14.9. The van der Waals surface area contributed by atoms with Crippen LogP contribution in [0.15, 0.2) is 0 Å². The van der Waals surface area contributed by atoms with Gasteiger partial charge in [-0.2, -0.15) is 15.1 Å². The van der Waals surface area contributed by atoms with Crippen molar-refractivity contribution in [1.82, 2.24) is 34.1 Å². The van der Waals surface area contributed by atoms with Crippen LogP contribution in [0.25, 0.3) is 5.78 Å². The van der Waals surface area contributed by atoms with E-state index < -0.39 is 0 Å². The summed E-state index contributed by atoms with van der Waals surface area (Å²) >= 11 is 6.37. The molecule has 4 rings (SSSR count). The van der Waals surface area contributed by atoms with Crippen molar-refractivity contribution in [3.8, 4) is 0 Å². The van der Waals surface area contributed by atoms with Crippen LogP contribution in [-0.2, 0) is 7.05 Å². The van der Waals surface area contributed by atoms with Crippen molar-refractivity contribution < 1.29 is 0 Å². The van der Waals surface area contributed by atoms with Crippen LogP contribution in [0, 0.1) is 13.8 Å². The Bertz CT molecular complexity index is 937. The molecule has 0 aliphatic carbocycles. The molecule has 0 bridgehead atoms. The zero-order valence-corrected chi connectivity index (χ0v) is 15.6. The van der Waals surface area contributed by atoms with Crippen LogP contribution in [0.4, 0.5) is 5.95 Å². The van der Waals surface area contributed by atoms with Crippen LogP contribution in [0.3, 0.4) is 0 Å². The average molecular weight is 361 g/mol. The second kappa shape index (κ2) is 5.94. The molecule has 0 aromatic carbocycles. The molecule has 0 saturated carbocycles. The first kappa shape index (κ1) is 16.3. The van der Waals surface area contributed by atoms with Gasteiger partial charge in [-0.15, -0.1) is 0 Å². The zero-order chi connectivity index (χ0) is 17.7. The maximum absolute atomic E-state index is 6.37. The average Bonchev–Trinajstić information content (AvgIpc) is 3.27. The van der Waals surface area contributed by atoms with Gasteiger partial charge in [0.15, 0.2) is 5.82 Å². The monoisotopic (exact) mass is 360 g/mol. The maximum atomic E-state index is 6.37. The molecule has 3 aromatic rings. The van der Waals surface area contributed by atoms with E-state index in [0.29, 0.717) is 22.7 Å². The minimum absolute atomic E-state index is 0.164. The normalized spacial score (nSPS) is 16.1. The van der Waals surface area contributed by atoms with Gasteiger partial charge in [-0.25, -0.2) is 14.6 Å². The molecular formula is C16H21ClN8. The van der Waals surface area contributed by atoms with Gasteiger partial charge >= 0.3 is 0 Å². The Morgan fingerprint density at radius 1 is 1.00 bits per heavy atom. The van der Waals surface area contributed by atoms with Crippen LogP contribution in [0.2, 0.25) is 5.28 Å². The molecular weight excluding hydrogens is 340 g/mol. The summed E-state index contributed by atoms with van der Waals surface area (Å²) in [6.07, 6.45) is 2.40. The number of rotatable bonds is 3. The van der Waals surface area contributed by atoms with E-state index in [4.69, 9.17) is 16.6 Å². The Morgan fingerprint density at radius 3 is 2.44 bits per heavy atom. The second-order valence-corrected chi connectivity index (χ2v) is 6.92. The molecule has 0 N–H and O–H groups in total. The SMILES string of the molecule is Cc1nc2nc(C(C)c3nc(N4CCCC4)n(C)n3)nc(Cl)n2c1C. The van der Waals surface area contributed by atoms with Gasteiger partial charge in [0.05, 0.1) is 11.6 Å². The molecule has 0 radical (unpaired) electrons. The number of aryl methyl sites for hydroxylation is 3. The third-order valence-corrected chi connectivity index (χ3v) is 5.11. The van der Waals surface area contributed by atoms with Gasteiger partial charge in [0.2, 0.25) is 17.0 Å². The number of hydrogen-bond donors (Lipinski definition) is 0. The highest BCUT2D eigenvalue weighted by atomic mass is 35.5. The van der Waals surface area contributed by atoms with Crippen molar-refractivity contribution in [3.63, 3.8) is 0 Å². The molecule has 1 aliphatic rings. The summed E-state index contributed by atoms with van der Waals surface area (Å²) in [6.45, 7) is 7.94. The third-order valence-electron chi connectivity index (χ3n) is 4.85. The molecule has 1 aliphatic heterocycles. The minimum atomic E-state index is -0.164. The fourth-order valence-corrected chi connectivity index (χ4v) is 3.53. The standard InChI is InChI=1S/C16H21ClN8/c1-9(13-21-16(23(4)22-13)24-7-5-6-8-24)12-19-14(17)25-11(3)10(2)18-15(25)20-12/h9H,5-8H2,1-4H3. The largest absolute Gasteiger partial charge is 0.341 e. The molecule has 3 aromatic heterocycles. The lowest BCUT2D eigenvalue weighted by molar-refractivity contribution is 0.693. The third kappa shape index (κ3) is 2.64. The molecule has 1 unspecified atom stereocenters. The molecule has 9 heteroatoms. The van der Waals surface area contributed by atoms with E-state index in [1.54, 1.807) is 4.40 Å². The van der Waals surface area contributed by atoms with Gasteiger partial charge in [0.25, 0.3) is 0 Å². The summed E-state index contributed by atoms with van der Waals surface area (Å²) in [5, 5.41) is 4.94. The fourth-order valence-electron chi connectivity index (χ4n) is 3.24. The Kier molecular flexibility index (Phi) is 3.87. The van der Waals surface area contributed by atoms with E-state index in [1.165, 1.54) is 12.8 Å². The van der Waals surface area contributed by atoms with E-state index in [1.807, 2.05) is 32.5 Å². The first-order valence-electron chi connectivity index (χ1n) is 8.50. The van der Waals surface area contributed by atoms with Crippen molar-refractivity contribution in [2.75, 3.05) is 18.0 Å². The highest BCUT2D eigenvalue weighted by molar-refractivity contribution is 6.28. The molecule has 0 amide bonds. The van der Waals surface area contributed by atoms with Crippen LogP contribution < -0.4 is 4.90 Å². The van der Waals surface area contributed by atoms with Gasteiger partial charge in [0.1, 0.15) is 5.82 Å². The van der Waals surface area contributed by atoms with Crippen molar-refractivity contribution in [2.24, 2.45) is 7.05 Å².